The molecule has 0 atom stereocenters. The Hall–Kier alpha value is -2.05. The van der Waals surface area contributed by atoms with Crippen LogP contribution in [0.4, 0.5) is 11.8 Å². The van der Waals surface area contributed by atoms with Crippen LogP contribution < -0.4 is 10.6 Å². The van der Waals surface area contributed by atoms with Crippen molar-refractivity contribution in [3.8, 4) is 11.5 Å². The maximum atomic E-state index is 5.78. The van der Waals surface area contributed by atoms with Gasteiger partial charge in [-0.1, -0.05) is 0 Å². The first-order valence-corrected chi connectivity index (χ1v) is 4.38. The van der Waals surface area contributed by atoms with Crippen molar-refractivity contribution in [2.75, 3.05) is 24.7 Å². The average molecular weight is 208 g/mol. The van der Waals surface area contributed by atoms with E-state index in [2.05, 4.69) is 15.2 Å². The lowest BCUT2D eigenvalue weighted by Crippen LogP contribution is -2.10. The van der Waals surface area contributed by atoms with Crippen LogP contribution in [0.2, 0.25) is 0 Å². The molecule has 0 unspecified atom stereocenters. The highest BCUT2D eigenvalue weighted by atomic mass is 16.5. The van der Waals surface area contributed by atoms with Crippen LogP contribution in [-0.2, 0) is 7.05 Å². The van der Waals surface area contributed by atoms with Crippen molar-refractivity contribution in [3.05, 3.63) is 6.20 Å². The van der Waals surface area contributed by atoms with E-state index in [0.717, 1.165) is 0 Å². The fourth-order valence-electron chi connectivity index (χ4n) is 1.12. The molecule has 2 heterocycles. The van der Waals surface area contributed by atoms with Crippen molar-refractivity contribution >= 4 is 11.8 Å². The standard InChI is InChI=1S/C8H12N6O/c1-13(2)8-11-7(15-12-8)5-4-10-14(3)6(5)9/h4H,9H2,1-3H3. The Balaban J connectivity index is 2.41. The van der Waals surface area contributed by atoms with Crippen LogP contribution in [0.3, 0.4) is 0 Å². The second-order valence-electron chi connectivity index (χ2n) is 3.36. The zero-order valence-electron chi connectivity index (χ0n) is 8.80. The molecule has 0 aromatic carbocycles. The summed E-state index contributed by atoms with van der Waals surface area (Å²) < 4.78 is 6.62. The minimum absolute atomic E-state index is 0.379. The predicted octanol–water partition coefficient (Wildman–Crippen LogP) is 0.118. The Morgan fingerprint density at radius 2 is 2.20 bits per heavy atom. The second-order valence-corrected chi connectivity index (χ2v) is 3.36. The molecule has 15 heavy (non-hydrogen) atoms. The lowest BCUT2D eigenvalue weighted by atomic mass is 10.3. The summed E-state index contributed by atoms with van der Waals surface area (Å²) in [5.74, 6) is 1.39. The summed E-state index contributed by atoms with van der Waals surface area (Å²) in [4.78, 5) is 5.92. The van der Waals surface area contributed by atoms with E-state index in [1.807, 2.05) is 14.1 Å². The normalized spacial score (nSPS) is 10.6. The first kappa shape index (κ1) is 9.50. The summed E-state index contributed by atoms with van der Waals surface area (Å²) >= 11 is 0. The highest BCUT2D eigenvalue weighted by molar-refractivity contribution is 5.66. The van der Waals surface area contributed by atoms with Gasteiger partial charge in [0.1, 0.15) is 11.4 Å². The molecule has 2 aromatic rings. The Morgan fingerprint density at radius 1 is 1.47 bits per heavy atom. The third kappa shape index (κ3) is 1.51. The largest absolute Gasteiger partial charge is 0.383 e. The number of hydrogen-bond acceptors (Lipinski definition) is 6. The van der Waals surface area contributed by atoms with E-state index in [1.54, 1.807) is 22.8 Å². The lowest BCUT2D eigenvalue weighted by molar-refractivity contribution is 0.431. The predicted molar refractivity (Wildman–Crippen MR) is 55.2 cm³/mol. The molecular weight excluding hydrogens is 196 g/mol. The molecule has 7 nitrogen and oxygen atoms in total. The molecule has 80 valence electrons. The van der Waals surface area contributed by atoms with Crippen LogP contribution >= 0.6 is 0 Å². The van der Waals surface area contributed by atoms with Crippen LogP contribution in [-0.4, -0.2) is 34.0 Å². The molecular formula is C8H12N6O. The van der Waals surface area contributed by atoms with Gasteiger partial charge in [-0.15, -0.1) is 0 Å². The molecule has 0 bridgehead atoms. The fraction of sp³-hybridized carbons (Fsp3) is 0.375. The van der Waals surface area contributed by atoms with Gasteiger partial charge in [0.15, 0.2) is 0 Å². The van der Waals surface area contributed by atoms with Gasteiger partial charge in [0.25, 0.3) is 11.8 Å². The third-order valence-electron chi connectivity index (χ3n) is 2.03. The number of hydrogen-bond donors (Lipinski definition) is 1. The zero-order chi connectivity index (χ0) is 11.0. The molecule has 0 saturated heterocycles. The number of aromatic nitrogens is 4. The van der Waals surface area contributed by atoms with E-state index in [1.165, 1.54) is 0 Å². The molecule has 0 spiro atoms. The molecule has 0 radical (unpaired) electrons. The maximum absolute atomic E-state index is 5.78. The van der Waals surface area contributed by atoms with Crippen molar-refractivity contribution in [2.24, 2.45) is 7.05 Å². The second kappa shape index (κ2) is 3.26. The monoisotopic (exact) mass is 208 g/mol. The van der Waals surface area contributed by atoms with Crippen molar-refractivity contribution in [3.63, 3.8) is 0 Å². The van der Waals surface area contributed by atoms with Crippen LogP contribution in [0.15, 0.2) is 10.7 Å². The number of nitrogens with two attached hydrogens (primary N) is 1. The van der Waals surface area contributed by atoms with E-state index in [-0.39, 0.29) is 0 Å². The van der Waals surface area contributed by atoms with Crippen molar-refractivity contribution in [1.82, 2.24) is 19.9 Å². The number of anilines is 2. The zero-order valence-corrected chi connectivity index (χ0v) is 8.80. The van der Waals surface area contributed by atoms with E-state index in [4.69, 9.17) is 10.3 Å². The van der Waals surface area contributed by atoms with Crippen LogP contribution in [0.25, 0.3) is 11.5 Å². The number of aryl methyl sites for hydroxylation is 1. The topological polar surface area (TPSA) is 86.0 Å². The van der Waals surface area contributed by atoms with Gasteiger partial charge in [-0.05, 0) is 5.16 Å². The molecule has 2 rings (SSSR count). The fourth-order valence-corrected chi connectivity index (χ4v) is 1.12. The smallest absolute Gasteiger partial charge is 0.265 e. The summed E-state index contributed by atoms with van der Waals surface area (Å²) in [7, 11) is 5.42. The van der Waals surface area contributed by atoms with E-state index in [0.29, 0.717) is 23.2 Å². The number of rotatable bonds is 2. The van der Waals surface area contributed by atoms with Gasteiger partial charge in [-0.25, -0.2) is 0 Å². The van der Waals surface area contributed by atoms with Gasteiger partial charge in [0.05, 0.1) is 6.20 Å². The van der Waals surface area contributed by atoms with Crippen molar-refractivity contribution in [1.29, 1.82) is 0 Å². The number of nitrogen functional groups attached to an aromatic ring is 1. The molecule has 2 aromatic heterocycles. The molecule has 0 fully saturated rings. The molecule has 0 aliphatic carbocycles. The lowest BCUT2D eigenvalue weighted by Gasteiger charge is -2.02. The Bertz CT molecular complexity index is 471. The quantitative estimate of drug-likeness (QED) is 0.754. The summed E-state index contributed by atoms with van der Waals surface area (Å²) in [6.07, 6.45) is 1.60. The average Bonchev–Trinajstić information content (AvgIpc) is 2.76. The summed E-state index contributed by atoms with van der Waals surface area (Å²) in [5.41, 5.74) is 6.43. The van der Waals surface area contributed by atoms with Gasteiger partial charge >= 0.3 is 0 Å². The summed E-state index contributed by atoms with van der Waals surface area (Å²) in [6.45, 7) is 0. The van der Waals surface area contributed by atoms with Gasteiger partial charge in [-0.2, -0.15) is 10.1 Å². The summed E-state index contributed by atoms with van der Waals surface area (Å²) in [6, 6.07) is 0. The minimum Gasteiger partial charge on any atom is -0.383 e. The number of nitrogens with zero attached hydrogens (tertiary/aromatic N) is 5. The Kier molecular flexibility index (Phi) is 2.07. The molecule has 2 N–H and O–H groups in total. The van der Waals surface area contributed by atoms with E-state index in [9.17, 15) is 0 Å². The van der Waals surface area contributed by atoms with Gasteiger partial charge < -0.3 is 15.2 Å². The minimum atomic E-state index is 0.379. The van der Waals surface area contributed by atoms with Crippen LogP contribution in [0.5, 0.6) is 0 Å². The Labute approximate surface area is 86.5 Å². The summed E-state index contributed by atoms with van der Waals surface area (Å²) in [5, 5.41) is 7.79. The molecule has 0 aliphatic rings. The SMILES string of the molecule is CN(C)c1noc(-c2cnn(C)c2N)n1. The molecule has 0 amide bonds. The molecule has 0 saturated carbocycles. The highest BCUT2D eigenvalue weighted by Gasteiger charge is 2.15. The van der Waals surface area contributed by atoms with Crippen molar-refractivity contribution in [2.45, 2.75) is 0 Å². The van der Waals surface area contributed by atoms with Crippen LogP contribution in [0.1, 0.15) is 0 Å². The molecule has 0 aliphatic heterocycles. The highest BCUT2D eigenvalue weighted by Crippen LogP contribution is 2.24. The van der Waals surface area contributed by atoms with Crippen LogP contribution in [0, 0.1) is 0 Å². The van der Waals surface area contributed by atoms with Gasteiger partial charge in [-0.3, -0.25) is 4.68 Å². The maximum Gasteiger partial charge on any atom is 0.265 e. The van der Waals surface area contributed by atoms with E-state index >= 15 is 0 Å². The molecule has 7 heteroatoms. The first-order chi connectivity index (χ1) is 7.09. The Morgan fingerprint density at radius 3 is 2.67 bits per heavy atom. The van der Waals surface area contributed by atoms with Gasteiger partial charge in [0, 0.05) is 21.1 Å². The first-order valence-electron chi connectivity index (χ1n) is 4.38. The third-order valence-corrected chi connectivity index (χ3v) is 2.03. The van der Waals surface area contributed by atoms with Gasteiger partial charge in [0.2, 0.25) is 0 Å². The van der Waals surface area contributed by atoms with Crippen molar-refractivity contribution < 1.29 is 4.52 Å². The van der Waals surface area contributed by atoms with E-state index < -0.39 is 0 Å².